The summed E-state index contributed by atoms with van der Waals surface area (Å²) in [6, 6.07) is 7.57. The van der Waals surface area contributed by atoms with Crippen molar-refractivity contribution >= 4 is 22.3 Å². The molecule has 1 aliphatic heterocycles. The Bertz CT molecular complexity index is 670. The number of anilines is 1. The van der Waals surface area contributed by atoms with E-state index in [1.165, 1.54) is 6.07 Å². The lowest BCUT2D eigenvalue weighted by atomic mass is 10.1. The number of hydrogen-bond donors (Lipinski definition) is 1. The van der Waals surface area contributed by atoms with Crippen molar-refractivity contribution in [2.45, 2.75) is 19.4 Å². The Kier molecular flexibility index (Phi) is 3.70. The summed E-state index contributed by atoms with van der Waals surface area (Å²) >= 11 is 0. The molecule has 0 bridgehead atoms. The van der Waals surface area contributed by atoms with Crippen LogP contribution in [0.25, 0.3) is 10.9 Å². The normalized spacial score (nSPS) is 14.9. The number of pyridine rings is 1. The molecule has 1 aliphatic rings. The first-order valence-electron chi connectivity index (χ1n) is 7.22. The van der Waals surface area contributed by atoms with E-state index in [0.29, 0.717) is 11.6 Å². The highest BCUT2D eigenvalue weighted by Crippen LogP contribution is 2.32. The number of para-hydroxylation sites is 1. The van der Waals surface area contributed by atoms with E-state index >= 15 is 0 Å². The van der Waals surface area contributed by atoms with Gasteiger partial charge in [-0.3, -0.25) is 10.1 Å². The number of non-ortho nitro benzene ring substituents is 1. The zero-order valence-corrected chi connectivity index (χ0v) is 12.0. The molecule has 0 spiro atoms. The average molecular weight is 286 g/mol. The minimum absolute atomic E-state index is 0.0672. The predicted molar refractivity (Wildman–Crippen MR) is 82.7 cm³/mol. The van der Waals surface area contributed by atoms with Crippen LogP contribution in [0.4, 0.5) is 11.4 Å². The van der Waals surface area contributed by atoms with E-state index in [1.807, 2.05) is 12.1 Å². The number of aromatic nitrogens is 1. The van der Waals surface area contributed by atoms with Gasteiger partial charge in [0.05, 0.1) is 11.0 Å². The quantitative estimate of drug-likeness (QED) is 0.674. The van der Waals surface area contributed by atoms with Gasteiger partial charge >= 0.3 is 0 Å². The van der Waals surface area contributed by atoms with Crippen molar-refractivity contribution in [2.24, 2.45) is 0 Å². The third-order valence-electron chi connectivity index (χ3n) is 3.90. The Morgan fingerprint density at radius 2 is 2.24 bits per heavy atom. The Balaban J connectivity index is 2.13. The third kappa shape index (κ3) is 2.42. The first-order valence-corrected chi connectivity index (χ1v) is 7.22. The number of fused-ring (bicyclic) bond motifs is 1. The summed E-state index contributed by atoms with van der Waals surface area (Å²) in [7, 11) is 0. The number of rotatable bonds is 5. The van der Waals surface area contributed by atoms with Crippen molar-refractivity contribution in [3.63, 3.8) is 0 Å². The second kappa shape index (κ2) is 5.65. The van der Waals surface area contributed by atoms with Crippen molar-refractivity contribution in [1.29, 1.82) is 0 Å². The molecule has 1 N–H and O–H groups in total. The predicted octanol–water partition coefficient (Wildman–Crippen LogP) is 2.33. The first kappa shape index (κ1) is 13.8. The lowest BCUT2D eigenvalue weighted by Crippen LogP contribution is -2.57. The molecule has 1 saturated heterocycles. The SMILES string of the molecule is CCCN(c1ccnc2c([N+](=O)[O-])cccc12)C1CNC1. The highest BCUT2D eigenvalue weighted by atomic mass is 16.6. The Hall–Kier alpha value is -2.21. The largest absolute Gasteiger partial charge is 0.365 e. The first-order chi connectivity index (χ1) is 10.2. The molecule has 0 atom stereocenters. The highest BCUT2D eigenvalue weighted by Gasteiger charge is 2.26. The van der Waals surface area contributed by atoms with Crippen LogP contribution in [0.15, 0.2) is 30.5 Å². The van der Waals surface area contributed by atoms with Crippen molar-refractivity contribution in [2.75, 3.05) is 24.5 Å². The lowest BCUT2D eigenvalue weighted by Gasteiger charge is -2.40. The van der Waals surface area contributed by atoms with E-state index in [2.05, 4.69) is 22.1 Å². The number of nitro benzene ring substituents is 1. The maximum absolute atomic E-state index is 11.2. The van der Waals surface area contributed by atoms with Crippen LogP contribution in [0.3, 0.4) is 0 Å². The summed E-state index contributed by atoms with van der Waals surface area (Å²) in [5.41, 5.74) is 1.57. The van der Waals surface area contributed by atoms with E-state index in [9.17, 15) is 10.1 Å². The Morgan fingerprint density at radius 3 is 2.86 bits per heavy atom. The molecule has 3 rings (SSSR count). The molecule has 0 aliphatic carbocycles. The summed E-state index contributed by atoms with van der Waals surface area (Å²) in [5, 5.41) is 15.3. The van der Waals surface area contributed by atoms with Crippen molar-refractivity contribution in [3.8, 4) is 0 Å². The standard InChI is InChI=1S/C15H18N4O2/c1-2-8-18(11-9-16-10-11)13-6-7-17-15-12(13)4-3-5-14(15)19(20)21/h3-7,11,16H,2,8-10H2,1H3. The summed E-state index contributed by atoms with van der Waals surface area (Å²) < 4.78 is 0. The number of nitrogens with one attached hydrogen (secondary N) is 1. The number of hydrogen-bond acceptors (Lipinski definition) is 5. The fourth-order valence-corrected chi connectivity index (χ4v) is 2.78. The minimum atomic E-state index is -0.367. The summed E-state index contributed by atoms with van der Waals surface area (Å²) in [5.74, 6) is 0. The molecule has 2 aromatic rings. The van der Waals surface area contributed by atoms with Gasteiger partial charge in [-0.05, 0) is 12.5 Å². The van der Waals surface area contributed by atoms with E-state index in [1.54, 1.807) is 12.3 Å². The topological polar surface area (TPSA) is 71.3 Å². The summed E-state index contributed by atoms with van der Waals surface area (Å²) in [4.78, 5) is 17.4. The molecule has 1 fully saturated rings. The zero-order valence-electron chi connectivity index (χ0n) is 12.0. The van der Waals surface area contributed by atoms with Gasteiger partial charge in [0.2, 0.25) is 0 Å². The van der Waals surface area contributed by atoms with Gasteiger partial charge in [0.15, 0.2) is 0 Å². The van der Waals surface area contributed by atoms with Crippen LogP contribution in [0.5, 0.6) is 0 Å². The zero-order chi connectivity index (χ0) is 14.8. The maximum Gasteiger partial charge on any atom is 0.295 e. The van der Waals surface area contributed by atoms with E-state index < -0.39 is 0 Å². The molecular formula is C15H18N4O2. The maximum atomic E-state index is 11.2. The smallest absolute Gasteiger partial charge is 0.295 e. The van der Waals surface area contributed by atoms with Crippen LogP contribution in [-0.4, -0.2) is 35.6 Å². The number of benzene rings is 1. The molecule has 0 saturated carbocycles. The van der Waals surface area contributed by atoms with Gasteiger partial charge in [-0.15, -0.1) is 0 Å². The summed E-state index contributed by atoms with van der Waals surface area (Å²) in [6.45, 7) is 5.00. The van der Waals surface area contributed by atoms with Crippen molar-refractivity contribution < 1.29 is 4.92 Å². The van der Waals surface area contributed by atoms with Gasteiger partial charge in [-0.25, -0.2) is 4.98 Å². The van der Waals surface area contributed by atoms with E-state index in [0.717, 1.165) is 37.1 Å². The number of nitro groups is 1. The van der Waals surface area contributed by atoms with Gasteiger partial charge in [-0.2, -0.15) is 0 Å². The fraction of sp³-hybridized carbons (Fsp3) is 0.400. The van der Waals surface area contributed by atoms with Crippen LogP contribution in [0.1, 0.15) is 13.3 Å². The van der Waals surface area contributed by atoms with Crippen LogP contribution < -0.4 is 10.2 Å². The number of nitrogens with zero attached hydrogens (tertiary/aromatic N) is 3. The van der Waals surface area contributed by atoms with Crippen molar-refractivity contribution in [3.05, 3.63) is 40.6 Å². The average Bonchev–Trinajstić information content (AvgIpc) is 2.43. The van der Waals surface area contributed by atoms with Crippen LogP contribution in [0, 0.1) is 10.1 Å². The lowest BCUT2D eigenvalue weighted by molar-refractivity contribution is -0.383. The van der Waals surface area contributed by atoms with Gasteiger partial charge < -0.3 is 10.2 Å². The molecule has 0 amide bonds. The van der Waals surface area contributed by atoms with Gasteiger partial charge in [0.1, 0.15) is 5.52 Å². The minimum Gasteiger partial charge on any atom is -0.365 e. The fourth-order valence-electron chi connectivity index (χ4n) is 2.78. The molecule has 21 heavy (non-hydrogen) atoms. The molecule has 110 valence electrons. The Labute approximate surface area is 122 Å². The molecule has 1 aromatic heterocycles. The molecule has 6 nitrogen and oxygen atoms in total. The molecular weight excluding hydrogens is 268 g/mol. The molecule has 1 aromatic carbocycles. The van der Waals surface area contributed by atoms with E-state index in [4.69, 9.17) is 0 Å². The van der Waals surface area contributed by atoms with E-state index in [-0.39, 0.29) is 10.6 Å². The van der Waals surface area contributed by atoms with Crippen LogP contribution in [-0.2, 0) is 0 Å². The monoisotopic (exact) mass is 286 g/mol. The second-order valence-electron chi connectivity index (χ2n) is 5.27. The van der Waals surface area contributed by atoms with Gasteiger partial charge in [0, 0.05) is 43.0 Å². The molecule has 0 unspecified atom stereocenters. The van der Waals surface area contributed by atoms with Gasteiger partial charge in [-0.1, -0.05) is 19.1 Å². The van der Waals surface area contributed by atoms with Crippen molar-refractivity contribution in [1.82, 2.24) is 10.3 Å². The molecule has 0 radical (unpaired) electrons. The van der Waals surface area contributed by atoms with Gasteiger partial charge in [0.25, 0.3) is 5.69 Å². The highest BCUT2D eigenvalue weighted by molar-refractivity contribution is 5.96. The Morgan fingerprint density at radius 1 is 1.43 bits per heavy atom. The van der Waals surface area contributed by atoms with Crippen LogP contribution >= 0.6 is 0 Å². The summed E-state index contributed by atoms with van der Waals surface area (Å²) in [6.07, 6.45) is 2.70. The third-order valence-corrected chi connectivity index (χ3v) is 3.90. The van der Waals surface area contributed by atoms with Crippen LogP contribution in [0.2, 0.25) is 0 Å². The second-order valence-corrected chi connectivity index (χ2v) is 5.27. The molecule has 2 heterocycles. The molecule has 6 heteroatoms.